The molecule has 0 bridgehead atoms. The first kappa shape index (κ1) is 20.5. The van der Waals surface area contributed by atoms with E-state index in [4.69, 9.17) is 46.4 Å². The molecule has 0 unspecified atom stereocenters. The van der Waals surface area contributed by atoms with E-state index in [-0.39, 0.29) is 0 Å². The summed E-state index contributed by atoms with van der Waals surface area (Å²) in [5.74, 6) is 1.38. The van der Waals surface area contributed by atoms with Crippen molar-refractivity contribution in [2.75, 3.05) is 18.0 Å². The van der Waals surface area contributed by atoms with Gasteiger partial charge in [0.1, 0.15) is 5.15 Å². The van der Waals surface area contributed by atoms with E-state index in [1.54, 1.807) is 6.07 Å². The van der Waals surface area contributed by atoms with E-state index < -0.39 is 0 Å². The highest BCUT2D eigenvalue weighted by atomic mass is 79.9. The Labute approximate surface area is 191 Å². The Morgan fingerprint density at radius 2 is 1.96 bits per heavy atom. The van der Waals surface area contributed by atoms with Gasteiger partial charge in [0.15, 0.2) is 5.65 Å². The number of aryl methyl sites for hydroxylation is 1. The lowest BCUT2D eigenvalue weighted by Gasteiger charge is -2.32. The van der Waals surface area contributed by atoms with E-state index >= 15 is 0 Å². The predicted molar refractivity (Wildman–Crippen MR) is 121 cm³/mol. The van der Waals surface area contributed by atoms with Crippen LogP contribution in [-0.2, 0) is 6.42 Å². The highest BCUT2D eigenvalue weighted by molar-refractivity contribution is 9.10. The summed E-state index contributed by atoms with van der Waals surface area (Å²) >= 11 is 28.1. The summed E-state index contributed by atoms with van der Waals surface area (Å²) in [7, 11) is 0. The number of hydrogen-bond acceptors (Lipinski definition) is 3. The van der Waals surface area contributed by atoms with Crippen LogP contribution >= 0.6 is 62.3 Å². The smallest absolute Gasteiger partial charge is 0.205 e. The highest BCUT2D eigenvalue weighted by Gasteiger charge is 2.23. The molecule has 1 aliphatic heterocycles. The average Bonchev–Trinajstić information content (AvgIpc) is 3.07. The number of fused-ring (bicyclic) bond motifs is 1. The van der Waals surface area contributed by atoms with E-state index in [0.29, 0.717) is 31.8 Å². The number of nitrogens with one attached hydrogen (secondary N) is 1. The lowest BCUT2D eigenvalue weighted by Crippen LogP contribution is -2.36. The van der Waals surface area contributed by atoms with Crippen LogP contribution in [-0.4, -0.2) is 28.0 Å². The number of aromatic nitrogens is 3. The van der Waals surface area contributed by atoms with Crippen molar-refractivity contribution in [1.82, 2.24) is 15.0 Å². The third-order valence-electron chi connectivity index (χ3n) is 5.08. The molecule has 1 fully saturated rings. The summed E-state index contributed by atoms with van der Waals surface area (Å²) < 4.78 is 0.755. The van der Waals surface area contributed by atoms with Gasteiger partial charge in [0.2, 0.25) is 5.95 Å². The van der Waals surface area contributed by atoms with Gasteiger partial charge in [0.25, 0.3) is 0 Å². The van der Waals surface area contributed by atoms with Gasteiger partial charge in [-0.15, -0.1) is 0 Å². The molecule has 0 saturated carbocycles. The molecule has 0 aliphatic carbocycles. The van der Waals surface area contributed by atoms with Gasteiger partial charge in [0.05, 0.1) is 20.0 Å². The Hall–Kier alpha value is -0.720. The van der Waals surface area contributed by atoms with Gasteiger partial charge in [-0.25, -0.2) is 4.98 Å². The predicted octanol–water partition coefficient (Wildman–Crippen LogP) is 7.18. The molecule has 3 heterocycles. The van der Waals surface area contributed by atoms with Crippen LogP contribution < -0.4 is 4.90 Å². The second-order valence-corrected chi connectivity index (χ2v) is 9.48. The van der Waals surface area contributed by atoms with Crippen LogP contribution in [0.4, 0.5) is 5.95 Å². The van der Waals surface area contributed by atoms with Crippen LogP contribution in [0.1, 0.15) is 24.8 Å². The minimum atomic E-state index is 0.416. The Bertz CT molecular complexity index is 984. The molecule has 3 aromatic rings. The largest absolute Gasteiger partial charge is 0.342 e. The van der Waals surface area contributed by atoms with Crippen LogP contribution in [0, 0.1) is 5.92 Å². The van der Waals surface area contributed by atoms with Crippen molar-refractivity contribution < 1.29 is 0 Å². The molecule has 0 amide bonds. The lowest BCUT2D eigenvalue weighted by molar-refractivity contribution is 0.389. The normalized spacial score (nSPS) is 17.5. The Kier molecular flexibility index (Phi) is 6.29. The minimum Gasteiger partial charge on any atom is -0.342 e. The van der Waals surface area contributed by atoms with Crippen LogP contribution in [0.15, 0.2) is 22.7 Å². The van der Waals surface area contributed by atoms with Crippen molar-refractivity contribution >= 4 is 79.4 Å². The second-order valence-electron chi connectivity index (χ2n) is 7.05. The maximum absolute atomic E-state index is 6.34. The van der Waals surface area contributed by atoms with Crippen molar-refractivity contribution in [2.45, 2.75) is 25.7 Å². The summed E-state index contributed by atoms with van der Waals surface area (Å²) in [5.41, 5.74) is 2.50. The van der Waals surface area contributed by atoms with Gasteiger partial charge in [-0.05, 0) is 71.3 Å². The average molecular weight is 523 g/mol. The van der Waals surface area contributed by atoms with Gasteiger partial charge in [-0.3, -0.25) is 0 Å². The maximum Gasteiger partial charge on any atom is 0.205 e. The van der Waals surface area contributed by atoms with Gasteiger partial charge < -0.3 is 9.88 Å². The minimum absolute atomic E-state index is 0.416. The molecule has 4 nitrogen and oxygen atoms in total. The van der Waals surface area contributed by atoms with E-state index in [1.807, 2.05) is 12.1 Å². The number of imidazole rings is 1. The number of benzene rings is 1. The number of piperidine rings is 1. The summed E-state index contributed by atoms with van der Waals surface area (Å²) in [6.07, 6.45) is 4.16. The molecule has 4 rings (SSSR count). The Morgan fingerprint density at radius 3 is 2.79 bits per heavy atom. The summed E-state index contributed by atoms with van der Waals surface area (Å²) in [4.78, 5) is 14.6. The van der Waals surface area contributed by atoms with Crippen molar-refractivity contribution in [1.29, 1.82) is 0 Å². The third kappa shape index (κ3) is 4.39. The molecule has 148 valence electrons. The number of anilines is 1. The molecule has 1 N–H and O–H groups in total. The number of rotatable bonds is 4. The molecule has 28 heavy (non-hydrogen) atoms. The molecule has 2 aromatic heterocycles. The molecule has 1 atom stereocenters. The monoisotopic (exact) mass is 520 g/mol. The standard InChI is InChI=1S/C19H17BrCl4N4/c20-13-8-15-18(26-17(13)24)27-19(25-15)28-5-1-2-10(9-28)3-4-11-6-12(21)7-14(22)16(11)23/h6-8,10H,1-5,9H2,(H,25,26,27)/t10-/m1/s1. The molecule has 9 heteroatoms. The van der Waals surface area contributed by atoms with E-state index in [0.717, 1.165) is 53.9 Å². The fourth-order valence-corrected chi connectivity index (χ4v) is 4.87. The fraction of sp³-hybridized carbons (Fsp3) is 0.368. The van der Waals surface area contributed by atoms with Gasteiger partial charge in [0, 0.05) is 18.1 Å². The molecule has 0 spiro atoms. The van der Waals surface area contributed by atoms with Crippen molar-refractivity contribution in [3.8, 4) is 0 Å². The summed E-state index contributed by atoms with van der Waals surface area (Å²) in [6, 6.07) is 5.49. The molecule has 1 aliphatic rings. The number of aromatic amines is 1. The van der Waals surface area contributed by atoms with E-state index in [9.17, 15) is 0 Å². The summed E-state index contributed by atoms with van der Waals surface area (Å²) in [5, 5.41) is 2.15. The highest BCUT2D eigenvalue weighted by Crippen LogP contribution is 2.33. The van der Waals surface area contributed by atoms with Crippen molar-refractivity contribution in [3.05, 3.63) is 48.5 Å². The van der Waals surface area contributed by atoms with Gasteiger partial charge >= 0.3 is 0 Å². The number of hydrogen-bond donors (Lipinski definition) is 1. The van der Waals surface area contributed by atoms with Crippen LogP contribution in [0.25, 0.3) is 11.2 Å². The zero-order valence-electron chi connectivity index (χ0n) is 14.8. The Morgan fingerprint density at radius 1 is 1.14 bits per heavy atom. The number of nitrogens with zero attached hydrogens (tertiary/aromatic N) is 3. The van der Waals surface area contributed by atoms with Crippen LogP contribution in [0.2, 0.25) is 20.2 Å². The SMILES string of the molecule is Clc1cc(Cl)c(Cl)c(CC[C@H]2CCCN(c3nc4nc(Cl)c(Br)cc4[nH]3)C2)c1. The topological polar surface area (TPSA) is 44.8 Å². The molecule has 1 aromatic carbocycles. The second kappa shape index (κ2) is 8.57. The zero-order chi connectivity index (χ0) is 19.8. The molecular formula is C19H17BrCl4N4. The molecule has 1 saturated heterocycles. The fourth-order valence-electron chi connectivity index (χ4n) is 3.68. The van der Waals surface area contributed by atoms with Gasteiger partial charge in [-0.2, -0.15) is 4.98 Å². The van der Waals surface area contributed by atoms with Crippen LogP contribution in [0.3, 0.4) is 0 Å². The quantitative estimate of drug-likeness (QED) is 0.291. The van der Waals surface area contributed by atoms with E-state index in [1.165, 1.54) is 6.42 Å². The summed E-state index contributed by atoms with van der Waals surface area (Å²) in [6.45, 7) is 1.90. The van der Waals surface area contributed by atoms with Gasteiger partial charge in [-0.1, -0.05) is 46.4 Å². The lowest BCUT2D eigenvalue weighted by atomic mass is 9.92. The maximum atomic E-state index is 6.34. The van der Waals surface area contributed by atoms with Crippen molar-refractivity contribution in [2.24, 2.45) is 5.92 Å². The van der Waals surface area contributed by atoms with Crippen molar-refractivity contribution in [3.63, 3.8) is 0 Å². The zero-order valence-corrected chi connectivity index (χ0v) is 19.4. The molecule has 0 radical (unpaired) electrons. The number of H-pyrrole nitrogens is 1. The number of halogens is 5. The van der Waals surface area contributed by atoms with E-state index in [2.05, 4.69) is 35.8 Å². The molecular weight excluding hydrogens is 506 g/mol. The van der Waals surface area contributed by atoms with Crippen LogP contribution in [0.5, 0.6) is 0 Å². The first-order valence-corrected chi connectivity index (χ1v) is 11.3. The third-order valence-corrected chi connectivity index (χ3v) is 7.26. The Balaban J connectivity index is 1.46. The first-order valence-electron chi connectivity index (χ1n) is 9.01. The number of pyridine rings is 1. The first-order chi connectivity index (χ1) is 13.4.